The van der Waals surface area contributed by atoms with E-state index in [2.05, 4.69) is 5.32 Å². The second kappa shape index (κ2) is 8.79. The van der Waals surface area contributed by atoms with E-state index in [-0.39, 0.29) is 5.57 Å². The van der Waals surface area contributed by atoms with E-state index in [4.69, 9.17) is 25.8 Å². The number of nitrogens with zero attached hydrogens (tertiary/aromatic N) is 1. The Hall–Kier alpha value is -3.17. The number of amides is 1. The number of methoxy groups -OCH3 is 3. The van der Waals surface area contributed by atoms with Gasteiger partial charge in [0, 0.05) is 22.3 Å². The Kier molecular flexibility index (Phi) is 6.48. The number of benzene rings is 2. The van der Waals surface area contributed by atoms with E-state index >= 15 is 0 Å². The number of carbonyl (C=O) groups excluding carboxylic acids is 1. The van der Waals surface area contributed by atoms with Crippen LogP contribution in [0.25, 0.3) is 6.08 Å². The zero-order chi connectivity index (χ0) is 19.1. The molecule has 6 nitrogen and oxygen atoms in total. The second-order valence-corrected chi connectivity index (χ2v) is 5.52. The van der Waals surface area contributed by atoms with Crippen LogP contribution in [0, 0.1) is 11.3 Å². The first kappa shape index (κ1) is 19.2. The first-order valence-corrected chi connectivity index (χ1v) is 7.89. The van der Waals surface area contributed by atoms with Crippen molar-refractivity contribution in [1.82, 2.24) is 0 Å². The molecule has 0 atom stereocenters. The van der Waals surface area contributed by atoms with Gasteiger partial charge in [0.05, 0.1) is 21.3 Å². The summed E-state index contributed by atoms with van der Waals surface area (Å²) < 4.78 is 15.8. The highest BCUT2D eigenvalue weighted by atomic mass is 35.5. The lowest BCUT2D eigenvalue weighted by Gasteiger charge is -2.12. The summed E-state index contributed by atoms with van der Waals surface area (Å²) in [6, 6.07) is 11.8. The van der Waals surface area contributed by atoms with Crippen molar-refractivity contribution in [3.63, 3.8) is 0 Å². The van der Waals surface area contributed by atoms with E-state index in [1.165, 1.54) is 27.4 Å². The lowest BCUT2D eigenvalue weighted by molar-refractivity contribution is -0.112. The summed E-state index contributed by atoms with van der Waals surface area (Å²) in [7, 11) is 4.48. The van der Waals surface area contributed by atoms with Crippen LogP contribution in [0.4, 0.5) is 5.69 Å². The first-order chi connectivity index (χ1) is 12.5. The van der Waals surface area contributed by atoms with Crippen LogP contribution in [0.3, 0.4) is 0 Å². The van der Waals surface area contributed by atoms with Crippen LogP contribution in [-0.2, 0) is 4.79 Å². The van der Waals surface area contributed by atoms with Crippen LogP contribution in [0.2, 0.25) is 5.02 Å². The van der Waals surface area contributed by atoms with Crippen LogP contribution in [0.1, 0.15) is 5.56 Å². The summed E-state index contributed by atoms with van der Waals surface area (Å²) in [6.07, 6.45) is 1.42. The van der Waals surface area contributed by atoms with Gasteiger partial charge in [0.25, 0.3) is 5.91 Å². The lowest BCUT2D eigenvalue weighted by atomic mass is 10.1. The van der Waals surface area contributed by atoms with Crippen molar-refractivity contribution in [2.45, 2.75) is 0 Å². The Balaban J connectivity index is 2.38. The van der Waals surface area contributed by atoms with Gasteiger partial charge in [0.15, 0.2) is 11.5 Å². The number of nitrogens with one attached hydrogen (secondary N) is 1. The predicted molar refractivity (Wildman–Crippen MR) is 99.8 cm³/mol. The molecule has 2 rings (SSSR count). The van der Waals surface area contributed by atoms with Gasteiger partial charge in [-0.05, 0) is 30.3 Å². The predicted octanol–water partition coefficient (Wildman–Crippen LogP) is 3.91. The molecule has 0 aliphatic rings. The summed E-state index contributed by atoms with van der Waals surface area (Å²) in [6.45, 7) is 0. The van der Waals surface area contributed by atoms with Gasteiger partial charge in [0.2, 0.25) is 0 Å². The average Bonchev–Trinajstić information content (AvgIpc) is 2.65. The zero-order valence-corrected chi connectivity index (χ0v) is 15.3. The topological polar surface area (TPSA) is 80.6 Å². The van der Waals surface area contributed by atoms with Crippen molar-refractivity contribution in [1.29, 1.82) is 5.26 Å². The standard InChI is InChI=1S/C19H17ClN2O4/c1-24-16-10-18(26-3)17(25-2)8-12(16)7-13(11-21)19(23)22-15-6-4-5-14(20)9-15/h4-10H,1-3H3,(H,22,23)/b13-7+. The number of nitriles is 1. The Morgan fingerprint density at radius 3 is 2.31 bits per heavy atom. The molecule has 2 aromatic rings. The number of hydrogen-bond acceptors (Lipinski definition) is 5. The maximum Gasteiger partial charge on any atom is 0.266 e. The number of hydrogen-bond donors (Lipinski definition) is 1. The summed E-state index contributed by atoms with van der Waals surface area (Å²) in [4.78, 5) is 12.4. The number of rotatable bonds is 6. The normalized spacial score (nSPS) is 10.7. The van der Waals surface area contributed by atoms with Crippen molar-refractivity contribution in [3.8, 4) is 23.3 Å². The van der Waals surface area contributed by atoms with E-state index in [0.717, 1.165) is 0 Å². The molecule has 0 saturated carbocycles. The molecule has 2 aromatic carbocycles. The van der Waals surface area contributed by atoms with Gasteiger partial charge in [-0.15, -0.1) is 0 Å². The molecule has 0 aliphatic carbocycles. The fourth-order valence-electron chi connectivity index (χ4n) is 2.23. The third kappa shape index (κ3) is 4.47. The average molecular weight is 373 g/mol. The molecule has 26 heavy (non-hydrogen) atoms. The highest BCUT2D eigenvalue weighted by Gasteiger charge is 2.14. The molecular formula is C19H17ClN2O4. The van der Waals surface area contributed by atoms with Crippen LogP contribution in [0.15, 0.2) is 42.0 Å². The minimum Gasteiger partial charge on any atom is -0.496 e. The van der Waals surface area contributed by atoms with Crippen LogP contribution in [-0.4, -0.2) is 27.2 Å². The maximum absolute atomic E-state index is 12.4. The van der Waals surface area contributed by atoms with Crippen LogP contribution < -0.4 is 19.5 Å². The van der Waals surface area contributed by atoms with E-state index in [1.54, 1.807) is 36.4 Å². The number of ether oxygens (including phenoxy) is 3. The van der Waals surface area contributed by atoms with Crippen molar-refractivity contribution in [2.75, 3.05) is 26.6 Å². The maximum atomic E-state index is 12.4. The van der Waals surface area contributed by atoms with Crippen molar-refractivity contribution < 1.29 is 19.0 Å². The quantitative estimate of drug-likeness (QED) is 0.614. The minimum atomic E-state index is -0.563. The molecule has 0 spiro atoms. The molecule has 1 N–H and O–H groups in total. The molecule has 0 radical (unpaired) electrons. The SMILES string of the molecule is COc1cc(OC)c(OC)cc1/C=C(\C#N)C(=O)Nc1cccc(Cl)c1. The van der Waals surface area contributed by atoms with Gasteiger partial charge >= 0.3 is 0 Å². The fourth-order valence-corrected chi connectivity index (χ4v) is 2.42. The summed E-state index contributed by atoms with van der Waals surface area (Å²) in [5, 5.41) is 12.5. The molecule has 0 unspecified atom stereocenters. The van der Waals surface area contributed by atoms with Gasteiger partial charge in [-0.1, -0.05) is 17.7 Å². The third-order valence-corrected chi connectivity index (χ3v) is 3.72. The smallest absolute Gasteiger partial charge is 0.266 e. The molecule has 0 aliphatic heterocycles. The van der Waals surface area contributed by atoms with Gasteiger partial charge in [0.1, 0.15) is 17.4 Å². The van der Waals surface area contributed by atoms with Crippen LogP contribution in [0.5, 0.6) is 17.2 Å². The first-order valence-electron chi connectivity index (χ1n) is 7.51. The number of carbonyl (C=O) groups is 1. The Bertz CT molecular complexity index is 888. The van der Waals surface area contributed by atoms with Crippen molar-refractivity contribution >= 4 is 29.3 Å². The van der Waals surface area contributed by atoms with Gasteiger partial charge in [-0.25, -0.2) is 0 Å². The Morgan fingerprint density at radius 2 is 1.73 bits per heavy atom. The molecule has 1 amide bonds. The Labute approximate surface area is 156 Å². The van der Waals surface area contributed by atoms with E-state index in [9.17, 15) is 10.1 Å². The summed E-state index contributed by atoms with van der Waals surface area (Å²) >= 11 is 5.90. The van der Waals surface area contributed by atoms with E-state index in [0.29, 0.717) is 33.5 Å². The van der Waals surface area contributed by atoms with Crippen LogP contribution >= 0.6 is 11.6 Å². The molecule has 0 saturated heterocycles. The Morgan fingerprint density at radius 1 is 1.08 bits per heavy atom. The molecule has 0 bridgehead atoms. The highest BCUT2D eigenvalue weighted by Crippen LogP contribution is 2.35. The molecular weight excluding hydrogens is 356 g/mol. The van der Waals surface area contributed by atoms with Gasteiger partial charge in [-0.3, -0.25) is 4.79 Å². The van der Waals surface area contributed by atoms with E-state index in [1.807, 2.05) is 6.07 Å². The molecule has 134 valence electrons. The molecule has 0 aromatic heterocycles. The van der Waals surface area contributed by atoms with Gasteiger partial charge < -0.3 is 19.5 Å². The molecule has 0 fully saturated rings. The molecule has 0 heterocycles. The van der Waals surface area contributed by atoms with Crippen molar-refractivity contribution in [2.24, 2.45) is 0 Å². The second-order valence-electron chi connectivity index (χ2n) is 5.08. The highest BCUT2D eigenvalue weighted by molar-refractivity contribution is 6.31. The van der Waals surface area contributed by atoms with Gasteiger partial charge in [-0.2, -0.15) is 5.26 Å². The van der Waals surface area contributed by atoms with E-state index < -0.39 is 5.91 Å². The number of halogens is 1. The monoisotopic (exact) mass is 372 g/mol. The molecule has 7 heteroatoms. The third-order valence-electron chi connectivity index (χ3n) is 3.48. The van der Waals surface area contributed by atoms with Crippen molar-refractivity contribution in [3.05, 3.63) is 52.6 Å². The minimum absolute atomic E-state index is 0.101. The number of anilines is 1. The summed E-state index contributed by atoms with van der Waals surface area (Å²) in [5.41, 5.74) is 0.890. The summed E-state index contributed by atoms with van der Waals surface area (Å²) in [5.74, 6) is 0.799. The fraction of sp³-hybridized carbons (Fsp3) is 0.158. The lowest BCUT2D eigenvalue weighted by Crippen LogP contribution is -2.13. The zero-order valence-electron chi connectivity index (χ0n) is 14.5. The largest absolute Gasteiger partial charge is 0.496 e.